The summed E-state index contributed by atoms with van der Waals surface area (Å²) >= 11 is 0. The van der Waals surface area contributed by atoms with Gasteiger partial charge < -0.3 is 0 Å². The lowest BCUT2D eigenvalue weighted by Gasteiger charge is -1.94. The van der Waals surface area contributed by atoms with Crippen molar-refractivity contribution in [3.05, 3.63) is 24.0 Å². The molecule has 0 aliphatic rings. The maximum absolute atomic E-state index is 4.52. The highest BCUT2D eigenvalue weighted by Gasteiger charge is 2.10. The lowest BCUT2D eigenvalue weighted by molar-refractivity contribution is 0.751. The average molecular weight is 200 g/mol. The maximum atomic E-state index is 4.52. The van der Waals surface area contributed by atoms with Gasteiger partial charge in [0.15, 0.2) is 0 Å². The van der Waals surface area contributed by atoms with Gasteiger partial charge in [-0.05, 0) is 19.1 Å². The van der Waals surface area contributed by atoms with Gasteiger partial charge in [-0.3, -0.25) is 9.36 Å². The lowest BCUT2D eigenvalue weighted by atomic mass is 10.1. The van der Waals surface area contributed by atoms with Crippen molar-refractivity contribution in [3.8, 4) is 0 Å². The topological polar surface area (TPSA) is 35.6 Å². The van der Waals surface area contributed by atoms with Gasteiger partial charge in [0.1, 0.15) is 5.52 Å². The Kier molecular flexibility index (Phi) is 1.46. The first-order chi connectivity index (χ1) is 7.18. The molecule has 2 aromatic heterocycles. The molecule has 0 saturated heterocycles. The summed E-state index contributed by atoms with van der Waals surface area (Å²) in [4.78, 5) is 0. The predicted octanol–water partition coefficient (Wildman–Crippen LogP) is 1.77. The lowest BCUT2D eigenvalue weighted by Crippen LogP contribution is -1.91. The molecule has 0 amide bonds. The Bertz CT molecular complexity index is 660. The molecule has 15 heavy (non-hydrogen) atoms. The van der Waals surface area contributed by atoms with E-state index in [0.29, 0.717) is 0 Å². The third-order valence-electron chi connectivity index (χ3n) is 3.03. The monoisotopic (exact) mass is 200 g/mol. The fourth-order valence-electron chi connectivity index (χ4n) is 2.01. The van der Waals surface area contributed by atoms with Gasteiger partial charge in [-0.25, -0.2) is 0 Å². The Morgan fingerprint density at radius 2 is 1.87 bits per heavy atom. The fraction of sp³-hybridized carbons (Fsp3) is 0.273. The minimum atomic E-state index is 1.04. The standard InChI is InChI=1S/C11H12N4/c1-7-8-4-5-10-9(6-12-15(10)3)11(8)13-14(7)2/h4-6H,1-3H3. The van der Waals surface area contributed by atoms with Crippen LogP contribution in [0.2, 0.25) is 0 Å². The number of benzene rings is 1. The summed E-state index contributed by atoms with van der Waals surface area (Å²) in [6.45, 7) is 2.08. The molecule has 0 unspecified atom stereocenters. The van der Waals surface area contributed by atoms with E-state index in [1.165, 1.54) is 11.1 Å². The van der Waals surface area contributed by atoms with E-state index in [0.717, 1.165) is 16.4 Å². The van der Waals surface area contributed by atoms with Crippen molar-refractivity contribution in [3.63, 3.8) is 0 Å². The Morgan fingerprint density at radius 3 is 2.67 bits per heavy atom. The largest absolute Gasteiger partial charge is 0.272 e. The summed E-state index contributed by atoms with van der Waals surface area (Å²) in [6, 6.07) is 4.21. The predicted molar refractivity (Wildman–Crippen MR) is 59.7 cm³/mol. The van der Waals surface area contributed by atoms with Crippen LogP contribution in [0.1, 0.15) is 5.69 Å². The molecule has 3 rings (SSSR count). The number of hydrogen-bond acceptors (Lipinski definition) is 2. The second-order valence-corrected chi connectivity index (χ2v) is 3.87. The Hall–Kier alpha value is -1.84. The molecule has 3 aromatic rings. The highest BCUT2D eigenvalue weighted by molar-refractivity contribution is 6.04. The van der Waals surface area contributed by atoms with Crippen molar-refractivity contribution < 1.29 is 0 Å². The van der Waals surface area contributed by atoms with E-state index in [1.807, 2.05) is 29.7 Å². The third-order valence-corrected chi connectivity index (χ3v) is 3.03. The summed E-state index contributed by atoms with van der Waals surface area (Å²) in [7, 11) is 3.92. The van der Waals surface area contributed by atoms with Crippen LogP contribution in [0.25, 0.3) is 21.8 Å². The molecule has 0 aliphatic carbocycles. The quantitative estimate of drug-likeness (QED) is 0.554. The third kappa shape index (κ3) is 0.960. The van der Waals surface area contributed by atoms with Gasteiger partial charge in [-0.1, -0.05) is 0 Å². The Morgan fingerprint density at radius 1 is 1.07 bits per heavy atom. The second-order valence-electron chi connectivity index (χ2n) is 3.87. The number of rotatable bonds is 0. The molecule has 4 nitrogen and oxygen atoms in total. The Labute approximate surface area is 87.1 Å². The number of fused-ring (bicyclic) bond motifs is 3. The van der Waals surface area contributed by atoms with Crippen LogP contribution in [0, 0.1) is 6.92 Å². The van der Waals surface area contributed by atoms with Crippen LogP contribution < -0.4 is 0 Å². The van der Waals surface area contributed by atoms with Crippen LogP contribution in [0.5, 0.6) is 0 Å². The van der Waals surface area contributed by atoms with Crippen molar-refractivity contribution in [2.24, 2.45) is 14.1 Å². The minimum absolute atomic E-state index is 1.04. The molecule has 0 fully saturated rings. The first kappa shape index (κ1) is 8.47. The summed E-state index contributed by atoms with van der Waals surface area (Å²) in [6.07, 6.45) is 1.88. The van der Waals surface area contributed by atoms with Crippen LogP contribution >= 0.6 is 0 Å². The molecule has 0 aliphatic heterocycles. The van der Waals surface area contributed by atoms with Gasteiger partial charge in [0.2, 0.25) is 0 Å². The van der Waals surface area contributed by atoms with Gasteiger partial charge in [0, 0.05) is 30.6 Å². The number of aryl methyl sites for hydroxylation is 3. The first-order valence-electron chi connectivity index (χ1n) is 4.92. The van der Waals surface area contributed by atoms with E-state index in [1.54, 1.807) is 0 Å². The normalized spacial score (nSPS) is 11.7. The zero-order chi connectivity index (χ0) is 10.6. The van der Waals surface area contributed by atoms with Gasteiger partial charge >= 0.3 is 0 Å². The van der Waals surface area contributed by atoms with Crippen molar-refractivity contribution in [1.82, 2.24) is 19.6 Å². The van der Waals surface area contributed by atoms with Crippen LogP contribution in [-0.2, 0) is 14.1 Å². The highest BCUT2D eigenvalue weighted by atomic mass is 15.3. The summed E-state index contributed by atoms with van der Waals surface area (Å²) in [5.41, 5.74) is 3.36. The van der Waals surface area contributed by atoms with Gasteiger partial charge in [0.25, 0.3) is 0 Å². The van der Waals surface area contributed by atoms with Crippen LogP contribution in [-0.4, -0.2) is 19.6 Å². The van der Waals surface area contributed by atoms with Crippen molar-refractivity contribution in [2.45, 2.75) is 6.92 Å². The molecule has 0 N–H and O–H groups in total. The summed E-state index contributed by atoms with van der Waals surface area (Å²) in [5.74, 6) is 0. The molecule has 1 aromatic carbocycles. The van der Waals surface area contributed by atoms with E-state index < -0.39 is 0 Å². The molecular formula is C11H12N4. The van der Waals surface area contributed by atoms with E-state index in [-0.39, 0.29) is 0 Å². The van der Waals surface area contributed by atoms with E-state index >= 15 is 0 Å². The van der Waals surface area contributed by atoms with Gasteiger partial charge in [0.05, 0.1) is 11.7 Å². The average Bonchev–Trinajstić information content (AvgIpc) is 2.72. The molecule has 0 radical (unpaired) electrons. The van der Waals surface area contributed by atoms with E-state index in [4.69, 9.17) is 0 Å². The van der Waals surface area contributed by atoms with Crippen molar-refractivity contribution in [1.29, 1.82) is 0 Å². The number of nitrogens with zero attached hydrogens (tertiary/aromatic N) is 4. The molecule has 76 valence electrons. The van der Waals surface area contributed by atoms with Crippen molar-refractivity contribution >= 4 is 21.8 Å². The number of hydrogen-bond donors (Lipinski definition) is 0. The molecule has 0 atom stereocenters. The molecule has 2 heterocycles. The molecule has 0 bridgehead atoms. The SMILES string of the molecule is Cc1c2ccc3c(cnn3C)c2nn1C. The van der Waals surface area contributed by atoms with Gasteiger partial charge in [-0.2, -0.15) is 10.2 Å². The molecule has 0 spiro atoms. The highest BCUT2D eigenvalue weighted by Crippen LogP contribution is 2.25. The first-order valence-corrected chi connectivity index (χ1v) is 4.92. The maximum Gasteiger partial charge on any atom is 0.104 e. The zero-order valence-corrected chi connectivity index (χ0v) is 9.02. The van der Waals surface area contributed by atoms with E-state index in [2.05, 4.69) is 29.3 Å². The van der Waals surface area contributed by atoms with Crippen LogP contribution in [0.3, 0.4) is 0 Å². The molecule has 0 saturated carbocycles. The zero-order valence-electron chi connectivity index (χ0n) is 9.02. The second kappa shape index (κ2) is 2.59. The summed E-state index contributed by atoms with van der Waals surface area (Å²) in [5, 5.41) is 11.1. The van der Waals surface area contributed by atoms with Crippen LogP contribution in [0.4, 0.5) is 0 Å². The fourth-order valence-corrected chi connectivity index (χ4v) is 2.01. The van der Waals surface area contributed by atoms with Crippen LogP contribution in [0.15, 0.2) is 18.3 Å². The van der Waals surface area contributed by atoms with Gasteiger partial charge in [-0.15, -0.1) is 0 Å². The van der Waals surface area contributed by atoms with E-state index in [9.17, 15) is 0 Å². The minimum Gasteiger partial charge on any atom is -0.272 e. The number of aromatic nitrogens is 4. The van der Waals surface area contributed by atoms with Crippen molar-refractivity contribution in [2.75, 3.05) is 0 Å². The summed E-state index contributed by atoms with van der Waals surface area (Å²) < 4.78 is 3.79. The Balaban J connectivity index is 2.60. The molecular weight excluding hydrogens is 188 g/mol. The molecule has 4 heteroatoms. The smallest absolute Gasteiger partial charge is 0.104 e.